The van der Waals surface area contributed by atoms with Gasteiger partial charge in [0.25, 0.3) is 5.56 Å². The molecule has 2 N–H and O–H groups in total. The number of nitrogens with zero attached hydrogens (tertiary/aromatic N) is 1. The summed E-state index contributed by atoms with van der Waals surface area (Å²) in [6.07, 6.45) is -14.7. The molecule has 2 heterocycles. The Kier molecular flexibility index (Phi) is 14.1. The van der Waals surface area contributed by atoms with E-state index in [9.17, 15) is 89.3 Å². The number of H-pyrrole nitrogens is 1. The van der Waals surface area contributed by atoms with Gasteiger partial charge >= 0.3 is 53.3 Å². The maximum atomic E-state index is 14.9. The first kappa shape index (κ1) is 52.6. The molecule has 1 aliphatic heterocycles. The molecule has 1 saturated heterocycles. The fourth-order valence-electron chi connectivity index (χ4n) is 7.01. The summed E-state index contributed by atoms with van der Waals surface area (Å²) >= 11 is 0. The Labute approximate surface area is 366 Å². The van der Waals surface area contributed by atoms with Crippen LogP contribution >= 0.6 is 0 Å². The first-order chi connectivity index (χ1) is 30.7. The van der Waals surface area contributed by atoms with E-state index in [4.69, 9.17) is 18.9 Å². The second kappa shape index (κ2) is 17.9. The van der Waals surface area contributed by atoms with Crippen LogP contribution in [-0.4, -0.2) is 95.3 Å². The van der Waals surface area contributed by atoms with Crippen molar-refractivity contribution in [2.24, 2.45) is 0 Å². The number of aliphatic hydroxyl groups excluding tert-OH is 1. The monoisotopic (exact) mass is 990 g/mol. The van der Waals surface area contributed by atoms with E-state index in [2.05, 4.69) is 4.98 Å². The number of benzene rings is 3. The first-order valence-electron chi connectivity index (χ1n) is 19.1. The molecule has 4 aromatic rings. The molecule has 370 valence electrons. The molecule has 0 bridgehead atoms. The quantitative estimate of drug-likeness (QED) is 0.0755. The number of alkyl halides is 17. The smallest absolute Gasteiger partial charge is 0.460 e. The standard InChI is InChI=1S/C41H35F17N2O7/c1-21-19-60(32(63)59-31(21)62)30-18-28(61)29(67-30)20-66-34(24-8-12-26(64-2)13-9-24,25-10-14-27(65-3)15-11-25)23-6-4-22(5-7-23)16-17-33(42,43)35(44,45)36(46,47)37(48,49)38(50,51)39(52,53)40(54,55)41(56,57)58/h4-15,19,28-30,61H,16-18,20H2,1-3H3,(H,59,62,63)/t28?,29-,30-/m1/s1. The minimum absolute atomic E-state index is 0.0465. The van der Waals surface area contributed by atoms with Crippen molar-refractivity contribution in [2.75, 3.05) is 20.8 Å². The van der Waals surface area contributed by atoms with Gasteiger partial charge in [0.15, 0.2) is 0 Å². The number of aromatic amines is 1. The molecule has 9 nitrogen and oxygen atoms in total. The van der Waals surface area contributed by atoms with Crippen molar-refractivity contribution < 1.29 is 98.7 Å². The van der Waals surface area contributed by atoms with Crippen molar-refractivity contribution in [1.29, 1.82) is 0 Å². The van der Waals surface area contributed by atoms with Gasteiger partial charge in [-0.3, -0.25) is 14.3 Å². The van der Waals surface area contributed by atoms with Crippen LogP contribution in [0.4, 0.5) is 74.6 Å². The molecule has 0 spiro atoms. The van der Waals surface area contributed by atoms with E-state index in [1.165, 1.54) is 75.9 Å². The first-order valence-corrected chi connectivity index (χ1v) is 19.1. The lowest BCUT2D eigenvalue weighted by atomic mass is 9.79. The van der Waals surface area contributed by atoms with E-state index in [1.54, 1.807) is 0 Å². The molecular weight excluding hydrogens is 955 g/mol. The molecular formula is C41H35F17N2O7. The van der Waals surface area contributed by atoms with Crippen LogP contribution in [0.3, 0.4) is 0 Å². The predicted molar refractivity (Wildman–Crippen MR) is 198 cm³/mol. The lowest BCUT2D eigenvalue weighted by molar-refractivity contribution is -0.461. The maximum absolute atomic E-state index is 14.9. The Morgan fingerprint density at radius 3 is 1.49 bits per heavy atom. The molecule has 1 unspecified atom stereocenters. The van der Waals surface area contributed by atoms with Crippen LogP contribution in [0.1, 0.15) is 46.9 Å². The predicted octanol–water partition coefficient (Wildman–Crippen LogP) is 9.46. The number of hydrogen-bond acceptors (Lipinski definition) is 7. The van der Waals surface area contributed by atoms with Gasteiger partial charge < -0.3 is 24.1 Å². The van der Waals surface area contributed by atoms with Crippen molar-refractivity contribution in [3.63, 3.8) is 0 Å². The van der Waals surface area contributed by atoms with Gasteiger partial charge in [0.1, 0.15) is 29.4 Å². The Bertz CT molecular complexity index is 2430. The fourth-order valence-corrected chi connectivity index (χ4v) is 7.01. The molecule has 3 aromatic carbocycles. The average Bonchev–Trinajstić information content (AvgIpc) is 3.63. The number of rotatable bonds is 18. The molecule has 67 heavy (non-hydrogen) atoms. The highest BCUT2D eigenvalue weighted by Crippen LogP contribution is 2.64. The SMILES string of the molecule is COc1ccc(C(OC[C@H]2O[C@@H](n3cc(C)c(=O)[nH]c3=O)CC2O)(c2ccc(CCC(F)(F)C(F)(F)C(F)(F)C(F)(F)C(F)(F)C(F)(F)C(F)(F)C(F)(F)F)cc2)c2ccc(OC)cc2)cc1. The molecule has 1 aliphatic rings. The summed E-state index contributed by atoms with van der Waals surface area (Å²) in [7, 11) is 2.68. The average molecular weight is 991 g/mol. The second-order valence-electron chi connectivity index (χ2n) is 15.2. The molecule has 0 amide bonds. The summed E-state index contributed by atoms with van der Waals surface area (Å²) in [4.78, 5) is 26.7. The fraction of sp³-hybridized carbons (Fsp3) is 0.463. The molecule has 26 heteroatoms. The molecule has 5 rings (SSSR count). The number of aryl methyl sites for hydroxylation is 2. The van der Waals surface area contributed by atoms with Gasteiger partial charge in [-0.15, -0.1) is 0 Å². The zero-order valence-electron chi connectivity index (χ0n) is 34.3. The lowest BCUT2D eigenvalue weighted by Gasteiger charge is -2.42. The van der Waals surface area contributed by atoms with Crippen molar-refractivity contribution in [2.45, 2.75) is 97.9 Å². The zero-order chi connectivity index (χ0) is 50.6. The van der Waals surface area contributed by atoms with Crippen molar-refractivity contribution >= 4 is 0 Å². The Hall–Kier alpha value is -5.37. The van der Waals surface area contributed by atoms with Gasteiger partial charge in [-0.05, 0) is 59.9 Å². The number of aromatic nitrogens is 2. The number of ether oxygens (including phenoxy) is 4. The summed E-state index contributed by atoms with van der Waals surface area (Å²) in [5.74, 6) is -56.5. The van der Waals surface area contributed by atoms with E-state index in [-0.39, 0.29) is 28.7 Å². The Morgan fingerprint density at radius 1 is 0.642 bits per heavy atom. The Morgan fingerprint density at radius 2 is 1.06 bits per heavy atom. The van der Waals surface area contributed by atoms with Gasteiger partial charge in [-0.1, -0.05) is 48.5 Å². The van der Waals surface area contributed by atoms with E-state index >= 15 is 0 Å². The summed E-state index contributed by atoms with van der Waals surface area (Å²) in [6, 6.07) is 15.9. The largest absolute Gasteiger partial charge is 0.497 e. The second-order valence-corrected chi connectivity index (χ2v) is 15.2. The maximum Gasteiger partial charge on any atom is 0.460 e. The van der Waals surface area contributed by atoms with E-state index in [0.717, 1.165) is 28.8 Å². The summed E-state index contributed by atoms with van der Waals surface area (Å²) in [5.41, 5.74) is -3.24. The van der Waals surface area contributed by atoms with Crippen LogP contribution in [0.2, 0.25) is 0 Å². The number of halogens is 17. The third kappa shape index (κ3) is 8.83. The molecule has 0 saturated carbocycles. The number of aliphatic hydroxyl groups is 1. The third-order valence-electron chi connectivity index (χ3n) is 11.0. The van der Waals surface area contributed by atoms with Crippen LogP contribution in [-0.2, 0) is 21.5 Å². The zero-order valence-corrected chi connectivity index (χ0v) is 34.3. The number of methoxy groups -OCH3 is 2. The normalized spacial score (nSPS) is 18.3. The van der Waals surface area contributed by atoms with E-state index in [1.807, 2.05) is 0 Å². The highest BCUT2D eigenvalue weighted by Gasteiger charge is 2.95. The molecule has 0 aliphatic carbocycles. The van der Waals surface area contributed by atoms with Gasteiger partial charge in [0.05, 0.1) is 26.9 Å². The van der Waals surface area contributed by atoms with E-state index in [0.29, 0.717) is 11.5 Å². The molecule has 0 radical (unpaired) electrons. The van der Waals surface area contributed by atoms with Gasteiger partial charge in [0, 0.05) is 24.6 Å². The van der Waals surface area contributed by atoms with Crippen LogP contribution in [0.25, 0.3) is 0 Å². The number of hydrogen-bond donors (Lipinski definition) is 2. The highest BCUT2D eigenvalue weighted by molar-refractivity contribution is 5.50. The molecule has 3 atom stereocenters. The Balaban J connectivity index is 1.50. The van der Waals surface area contributed by atoms with Gasteiger partial charge in [0.2, 0.25) is 0 Å². The van der Waals surface area contributed by atoms with Gasteiger partial charge in [-0.25, -0.2) is 4.79 Å². The van der Waals surface area contributed by atoms with Crippen molar-refractivity contribution in [3.8, 4) is 11.5 Å². The highest BCUT2D eigenvalue weighted by atomic mass is 19.4. The van der Waals surface area contributed by atoms with Gasteiger partial charge in [-0.2, -0.15) is 74.6 Å². The minimum atomic E-state index is -8.73. The number of nitrogens with one attached hydrogen (secondary N) is 1. The summed E-state index contributed by atoms with van der Waals surface area (Å²) < 4.78 is 260. The van der Waals surface area contributed by atoms with Crippen molar-refractivity contribution in [3.05, 3.63) is 128 Å². The molecule has 1 fully saturated rings. The molecule has 1 aromatic heterocycles. The van der Waals surface area contributed by atoms with E-state index < -0.39 is 108 Å². The third-order valence-corrected chi connectivity index (χ3v) is 11.0. The van der Waals surface area contributed by atoms with Crippen LogP contribution in [0.5, 0.6) is 11.5 Å². The topological polar surface area (TPSA) is 112 Å². The minimum Gasteiger partial charge on any atom is -0.497 e. The van der Waals surface area contributed by atoms with Crippen LogP contribution in [0.15, 0.2) is 88.6 Å². The van der Waals surface area contributed by atoms with Crippen LogP contribution in [0, 0.1) is 6.92 Å². The summed E-state index contributed by atoms with van der Waals surface area (Å²) in [5, 5.41) is 11.1. The summed E-state index contributed by atoms with van der Waals surface area (Å²) in [6.45, 7) is 0.886. The van der Waals surface area contributed by atoms with Crippen molar-refractivity contribution in [1.82, 2.24) is 9.55 Å². The van der Waals surface area contributed by atoms with Crippen LogP contribution < -0.4 is 20.7 Å². The lowest BCUT2D eigenvalue weighted by Crippen LogP contribution is -2.74.